The summed E-state index contributed by atoms with van der Waals surface area (Å²) in [5, 5.41) is -0.341. The second kappa shape index (κ2) is 4.22. The normalized spacial score (nSPS) is 16.3. The van der Waals surface area contributed by atoms with E-state index in [0.29, 0.717) is 11.3 Å². The summed E-state index contributed by atoms with van der Waals surface area (Å²) in [6.07, 6.45) is 0. The quantitative estimate of drug-likeness (QED) is 0.568. The SMILES string of the molecule is COC(=O)C(Cl)=C1Oc2cc(C)ccc2C1=O. The highest BCUT2D eigenvalue weighted by Gasteiger charge is 2.32. The number of rotatable bonds is 1. The van der Waals surface area contributed by atoms with Crippen LogP contribution in [0.15, 0.2) is 29.0 Å². The smallest absolute Gasteiger partial charge is 0.353 e. The molecule has 1 aromatic carbocycles. The number of ether oxygens (including phenoxy) is 2. The van der Waals surface area contributed by atoms with Crippen LogP contribution in [0.4, 0.5) is 0 Å². The molecule has 1 aliphatic rings. The van der Waals surface area contributed by atoms with Gasteiger partial charge in [0.1, 0.15) is 5.75 Å². The Bertz CT molecular complexity index is 545. The number of Topliss-reactive ketones (excluding diaryl/α,β-unsaturated/α-hetero) is 1. The van der Waals surface area contributed by atoms with Crippen LogP contribution in [-0.4, -0.2) is 18.9 Å². The second-order valence-corrected chi connectivity index (χ2v) is 3.94. The van der Waals surface area contributed by atoms with Gasteiger partial charge in [-0.25, -0.2) is 4.79 Å². The molecule has 1 aliphatic heterocycles. The van der Waals surface area contributed by atoms with E-state index < -0.39 is 11.8 Å². The van der Waals surface area contributed by atoms with Gasteiger partial charge in [0.05, 0.1) is 12.7 Å². The standard InChI is InChI=1S/C12H9ClO4/c1-6-3-4-7-8(5-6)17-11(10(7)14)9(13)12(15)16-2/h3-5H,1-2H3. The highest BCUT2D eigenvalue weighted by molar-refractivity contribution is 6.44. The predicted octanol–water partition coefficient (Wildman–Crippen LogP) is 2.19. The summed E-state index contributed by atoms with van der Waals surface area (Å²) >= 11 is 5.72. The molecule has 0 amide bonds. The molecule has 4 nitrogen and oxygen atoms in total. The number of hydrogen-bond donors (Lipinski definition) is 0. The van der Waals surface area contributed by atoms with Gasteiger partial charge in [0, 0.05) is 0 Å². The van der Waals surface area contributed by atoms with E-state index in [1.165, 1.54) is 7.11 Å². The van der Waals surface area contributed by atoms with Crippen molar-refractivity contribution in [2.75, 3.05) is 7.11 Å². The van der Waals surface area contributed by atoms with Crippen LogP contribution in [0.2, 0.25) is 0 Å². The summed E-state index contributed by atoms with van der Waals surface area (Å²) < 4.78 is 9.72. The molecule has 0 fully saturated rings. The molecule has 0 radical (unpaired) electrons. The van der Waals surface area contributed by atoms with Crippen LogP contribution in [0.3, 0.4) is 0 Å². The Morgan fingerprint density at radius 1 is 1.41 bits per heavy atom. The maximum Gasteiger partial charge on any atom is 0.353 e. The number of benzene rings is 1. The summed E-state index contributed by atoms with van der Waals surface area (Å²) in [4.78, 5) is 23.1. The molecule has 0 spiro atoms. The average Bonchev–Trinajstić information content (AvgIpc) is 2.64. The zero-order valence-electron chi connectivity index (χ0n) is 9.24. The molecule has 0 aliphatic carbocycles. The Morgan fingerprint density at radius 3 is 2.76 bits per heavy atom. The van der Waals surface area contributed by atoms with E-state index in [9.17, 15) is 9.59 Å². The number of allylic oxidation sites excluding steroid dienone is 1. The molecule has 0 aromatic heterocycles. The Morgan fingerprint density at radius 2 is 2.12 bits per heavy atom. The van der Waals surface area contributed by atoms with Crippen LogP contribution >= 0.6 is 11.6 Å². The lowest BCUT2D eigenvalue weighted by molar-refractivity contribution is -0.135. The fraction of sp³-hybridized carbons (Fsp3) is 0.167. The number of carbonyl (C=O) groups excluding carboxylic acids is 2. The van der Waals surface area contributed by atoms with Crippen molar-refractivity contribution in [1.82, 2.24) is 0 Å². The molecule has 0 bridgehead atoms. The van der Waals surface area contributed by atoms with Crippen molar-refractivity contribution < 1.29 is 19.1 Å². The number of methoxy groups -OCH3 is 1. The lowest BCUT2D eigenvalue weighted by Crippen LogP contribution is -2.09. The molecular formula is C12H9ClO4. The Kier molecular flexibility index (Phi) is 2.90. The average molecular weight is 253 g/mol. The van der Waals surface area contributed by atoms with Gasteiger partial charge in [-0.05, 0) is 24.6 Å². The number of esters is 1. The van der Waals surface area contributed by atoms with E-state index in [2.05, 4.69) is 4.74 Å². The molecule has 88 valence electrons. The van der Waals surface area contributed by atoms with Crippen LogP contribution in [-0.2, 0) is 9.53 Å². The molecule has 1 heterocycles. The van der Waals surface area contributed by atoms with E-state index in [0.717, 1.165) is 5.56 Å². The van der Waals surface area contributed by atoms with E-state index in [1.807, 2.05) is 6.92 Å². The highest BCUT2D eigenvalue weighted by Crippen LogP contribution is 2.33. The second-order valence-electron chi connectivity index (χ2n) is 3.57. The first-order valence-electron chi connectivity index (χ1n) is 4.86. The number of ketones is 1. The first-order chi connectivity index (χ1) is 8.04. The number of fused-ring (bicyclic) bond motifs is 1. The molecule has 1 aromatic rings. The zero-order chi connectivity index (χ0) is 12.6. The largest absolute Gasteiger partial charge is 0.465 e. The van der Waals surface area contributed by atoms with Gasteiger partial charge in [-0.2, -0.15) is 0 Å². The summed E-state index contributed by atoms with van der Waals surface area (Å²) in [5.74, 6) is -0.971. The first kappa shape index (κ1) is 11.7. The lowest BCUT2D eigenvalue weighted by atomic mass is 10.1. The topological polar surface area (TPSA) is 52.6 Å². The lowest BCUT2D eigenvalue weighted by Gasteiger charge is -2.01. The molecule has 2 rings (SSSR count). The molecule has 0 N–H and O–H groups in total. The van der Waals surface area contributed by atoms with Crippen LogP contribution in [0.25, 0.3) is 0 Å². The van der Waals surface area contributed by atoms with Crippen molar-refractivity contribution in [1.29, 1.82) is 0 Å². The fourth-order valence-electron chi connectivity index (χ4n) is 1.51. The van der Waals surface area contributed by atoms with E-state index in [4.69, 9.17) is 16.3 Å². The monoisotopic (exact) mass is 252 g/mol. The maximum atomic E-state index is 11.9. The van der Waals surface area contributed by atoms with Crippen molar-refractivity contribution in [3.05, 3.63) is 40.1 Å². The van der Waals surface area contributed by atoms with Gasteiger partial charge in [-0.15, -0.1) is 0 Å². The van der Waals surface area contributed by atoms with Gasteiger partial charge in [0.15, 0.2) is 5.03 Å². The van der Waals surface area contributed by atoms with Gasteiger partial charge in [-0.1, -0.05) is 17.7 Å². The van der Waals surface area contributed by atoms with Crippen LogP contribution in [0.1, 0.15) is 15.9 Å². The van der Waals surface area contributed by atoms with E-state index in [1.54, 1.807) is 18.2 Å². The third-order valence-corrected chi connectivity index (χ3v) is 2.69. The molecular weight excluding hydrogens is 244 g/mol. The van der Waals surface area contributed by atoms with Crippen LogP contribution in [0.5, 0.6) is 5.75 Å². The first-order valence-corrected chi connectivity index (χ1v) is 5.23. The van der Waals surface area contributed by atoms with E-state index >= 15 is 0 Å². The fourth-order valence-corrected chi connectivity index (χ4v) is 1.71. The van der Waals surface area contributed by atoms with Crippen molar-refractivity contribution in [3.63, 3.8) is 0 Å². The summed E-state index contributed by atoms with van der Waals surface area (Å²) in [7, 11) is 1.18. The zero-order valence-corrected chi connectivity index (χ0v) is 10.00. The molecule has 5 heteroatoms. The highest BCUT2D eigenvalue weighted by atomic mass is 35.5. The van der Waals surface area contributed by atoms with Crippen molar-refractivity contribution in [3.8, 4) is 5.75 Å². The molecule has 0 unspecified atom stereocenters. The summed E-state index contributed by atoms with van der Waals surface area (Å²) in [6.45, 7) is 1.87. The Balaban J connectivity index is 2.47. The van der Waals surface area contributed by atoms with Crippen LogP contribution in [0, 0.1) is 6.92 Å². The van der Waals surface area contributed by atoms with Gasteiger partial charge in [0.2, 0.25) is 11.5 Å². The van der Waals surface area contributed by atoms with Gasteiger partial charge in [-0.3, -0.25) is 4.79 Å². The summed E-state index contributed by atoms with van der Waals surface area (Å²) in [6, 6.07) is 5.14. The van der Waals surface area contributed by atoms with Crippen molar-refractivity contribution >= 4 is 23.4 Å². The number of halogens is 1. The Labute approximate surface area is 103 Å². The minimum atomic E-state index is -0.792. The number of hydrogen-bond acceptors (Lipinski definition) is 4. The minimum Gasteiger partial charge on any atom is -0.465 e. The molecule has 17 heavy (non-hydrogen) atoms. The molecule has 0 saturated heterocycles. The van der Waals surface area contributed by atoms with Gasteiger partial charge >= 0.3 is 5.97 Å². The van der Waals surface area contributed by atoms with E-state index in [-0.39, 0.29) is 10.8 Å². The minimum absolute atomic E-state index is 0.181. The molecule has 0 atom stereocenters. The number of aryl methyl sites for hydroxylation is 1. The van der Waals surface area contributed by atoms with Crippen molar-refractivity contribution in [2.24, 2.45) is 0 Å². The molecule has 0 saturated carbocycles. The third kappa shape index (κ3) is 1.91. The predicted molar refractivity (Wildman–Crippen MR) is 61.0 cm³/mol. The van der Waals surface area contributed by atoms with Crippen molar-refractivity contribution in [2.45, 2.75) is 6.92 Å². The Hall–Kier alpha value is -1.81. The van der Waals surface area contributed by atoms with Gasteiger partial charge in [0.25, 0.3) is 0 Å². The third-order valence-electron chi connectivity index (χ3n) is 2.36. The van der Waals surface area contributed by atoms with Gasteiger partial charge < -0.3 is 9.47 Å². The number of carbonyl (C=O) groups is 2. The summed E-state index contributed by atoms with van der Waals surface area (Å²) in [5.41, 5.74) is 1.35. The maximum absolute atomic E-state index is 11.9. The van der Waals surface area contributed by atoms with Crippen LogP contribution < -0.4 is 4.74 Å².